The number of nitrogens with zero attached hydrogens (tertiary/aromatic N) is 2. The van der Waals surface area contributed by atoms with E-state index in [1.54, 1.807) is 0 Å². The van der Waals surface area contributed by atoms with Gasteiger partial charge in [-0.1, -0.05) is 135 Å². The Balaban J connectivity index is 1.24. The van der Waals surface area contributed by atoms with Crippen LogP contribution in [0.4, 0.5) is 11.4 Å². The Labute approximate surface area is 325 Å². The van der Waals surface area contributed by atoms with Crippen molar-refractivity contribution in [3.05, 3.63) is 174 Å². The second-order valence-corrected chi connectivity index (χ2v) is 16.5. The molecule has 0 spiro atoms. The van der Waals surface area contributed by atoms with Crippen molar-refractivity contribution in [1.82, 2.24) is 4.57 Å². The summed E-state index contributed by atoms with van der Waals surface area (Å²) in [5.74, 6) is 0.885. The molecule has 56 heavy (non-hydrogen) atoms. The van der Waals surface area contributed by atoms with Crippen LogP contribution < -0.4 is 15.7 Å². The quantitative estimate of drug-likeness (QED) is 0.166. The number of aryl methyl sites for hydroxylation is 1. The summed E-state index contributed by atoms with van der Waals surface area (Å²) in [5.41, 5.74) is 19.9. The summed E-state index contributed by atoms with van der Waals surface area (Å²) in [6.07, 6.45) is 0. The van der Waals surface area contributed by atoms with Gasteiger partial charge in [-0.2, -0.15) is 0 Å². The van der Waals surface area contributed by atoms with Gasteiger partial charge in [0.1, 0.15) is 11.3 Å². The zero-order valence-electron chi connectivity index (χ0n) is 31.4. The van der Waals surface area contributed by atoms with Crippen molar-refractivity contribution in [2.45, 2.75) is 26.2 Å². The number of anilines is 2. The predicted octanol–water partition coefficient (Wildman–Crippen LogP) is 12.2. The third-order valence-corrected chi connectivity index (χ3v) is 13.2. The molecule has 262 valence electrons. The van der Waals surface area contributed by atoms with E-state index in [0.29, 0.717) is 0 Å². The molecule has 0 unspecified atom stereocenters. The molecule has 13 rings (SSSR count). The molecule has 4 heterocycles. The third-order valence-electron chi connectivity index (χ3n) is 13.2. The lowest BCUT2D eigenvalue weighted by atomic mass is 9.43. The summed E-state index contributed by atoms with van der Waals surface area (Å²) in [5, 5.41) is 6.29. The number of hydrogen-bond acceptors (Lipinski definition) is 2. The van der Waals surface area contributed by atoms with Gasteiger partial charge in [0.25, 0.3) is 0 Å². The molecule has 3 nitrogen and oxygen atoms in total. The van der Waals surface area contributed by atoms with Gasteiger partial charge in [0.05, 0.1) is 11.0 Å². The monoisotopic (exact) mass is 714 g/mol. The fourth-order valence-corrected chi connectivity index (χ4v) is 10.7. The van der Waals surface area contributed by atoms with E-state index in [-0.39, 0.29) is 12.3 Å². The fraction of sp³-hybridized carbons (Fsp3) is 0.0769. The second-order valence-electron chi connectivity index (χ2n) is 16.5. The number of hydrogen-bond donors (Lipinski definition) is 0. The Bertz CT molecular complexity index is 3350. The SMILES string of the molecule is Cc1ccc(N2B3c4cc5cc(-c6ccccc6)oc5cc4-n4c5ccccc5c5c6ccccc6c(c3c54)-c3cc4c(cc32)C(C)(C)c2ccccc2-4)cc1. The maximum Gasteiger partial charge on any atom is 0.333 e. The van der Waals surface area contributed by atoms with Crippen LogP contribution in [0.25, 0.3) is 82.8 Å². The van der Waals surface area contributed by atoms with Crippen LogP contribution in [0.5, 0.6) is 0 Å². The average Bonchev–Trinajstić information content (AvgIpc) is 3.88. The van der Waals surface area contributed by atoms with E-state index in [0.717, 1.165) is 22.3 Å². The van der Waals surface area contributed by atoms with Gasteiger partial charge in [0.2, 0.25) is 0 Å². The first-order valence-electron chi connectivity index (χ1n) is 19.7. The predicted molar refractivity (Wildman–Crippen MR) is 235 cm³/mol. The molecule has 2 aromatic heterocycles. The highest BCUT2D eigenvalue weighted by atomic mass is 16.3. The van der Waals surface area contributed by atoms with Gasteiger partial charge in [-0.15, -0.1) is 0 Å². The fourth-order valence-electron chi connectivity index (χ4n) is 10.7. The molecular formula is C52H35BN2O. The van der Waals surface area contributed by atoms with Crippen molar-refractivity contribution in [3.63, 3.8) is 0 Å². The topological polar surface area (TPSA) is 21.3 Å². The van der Waals surface area contributed by atoms with Crippen molar-refractivity contribution >= 4 is 72.7 Å². The van der Waals surface area contributed by atoms with Crippen LogP contribution in [0.2, 0.25) is 0 Å². The maximum absolute atomic E-state index is 6.73. The van der Waals surface area contributed by atoms with E-state index in [9.17, 15) is 0 Å². The molecule has 1 aliphatic carbocycles. The molecule has 0 saturated heterocycles. The van der Waals surface area contributed by atoms with Crippen molar-refractivity contribution in [1.29, 1.82) is 0 Å². The molecule has 10 aromatic rings. The molecule has 0 radical (unpaired) electrons. The van der Waals surface area contributed by atoms with E-state index < -0.39 is 0 Å². The van der Waals surface area contributed by atoms with Crippen LogP contribution in [-0.4, -0.2) is 11.4 Å². The van der Waals surface area contributed by atoms with Gasteiger partial charge < -0.3 is 13.8 Å². The molecule has 0 saturated carbocycles. The number of rotatable bonds is 2. The highest BCUT2D eigenvalue weighted by molar-refractivity contribution is 6.94. The second kappa shape index (κ2) is 10.5. The van der Waals surface area contributed by atoms with Crippen LogP contribution in [0.15, 0.2) is 162 Å². The van der Waals surface area contributed by atoms with Crippen molar-refractivity contribution in [2.24, 2.45) is 0 Å². The normalized spacial score (nSPS) is 14.4. The van der Waals surface area contributed by atoms with Crippen molar-refractivity contribution in [3.8, 4) is 39.3 Å². The lowest BCUT2D eigenvalue weighted by Crippen LogP contribution is -2.60. The van der Waals surface area contributed by atoms with E-state index in [2.05, 4.69) is 188 Å². The van der Waals surface area contributed by atoms with Crippen LogP contribution >= 0.6 is 0 Å². The van der Waals surface area contributed by atoms with Gasteiger partial charge in [0, 0.05) is 55.8 Å². The number of benzene rings is 8. The lowest BCUT2D eigenvalue weighted by molar-refractivity contribution is 0.631. The van der Waals surface area contributed by atoms with E-state index in [1.165, 1.54) is 99.5 Å². The summed E-state index contributed by atoms with van der Waals surface area (Å²) >= 11 is 0. The Kier molecular flexibility index (Phi) is 5.72. The summed E-state index contributed by atoms with van der Waals surface area (Å²) in [6, 6.07) is 58.8. The Morgan fingerprint density at radius 3 is 2.16 bits per heavy atom. The van der Waals surface area contributed by atoms with Gasteiger partial charge in [-0.3, -0.25) is 0 Å². The zero-order chi connectivity index (χ0) is 37.0. The van der Waals surface area contributed by atoms with Crippen LogP contribution in [0.3, 0.4) is 0 Å². The molecule has 0 N–H and O–H groups in total. The van der Waals surface area contributed by atoms with Gasteiger partial charge in [-0.05, 0) is 92.8 Å². The summed E-state index contributed by atoms with van der Waals surface area (Å²) < 4.78 is 9.28. The zero-order valence-corrected chi connectivity index (χ0v) is 31.4. The van der Waals surface area contributed by atoms with Crippen molar-refractivity contribution in [2.75, 3.05) is 4.81 Å². The molecule has 0 amide bonds. The third kappa shape index (κ3) is 3.74. The Hall–Kier alpha value is -6.78. The van der Waals surface area contributed by atoms with E-state index >= 15 is 0 Å². The molecule has 2 aliphatic heterocycles. The lowest BCUT2D eigenvalue weighted by Gasteiger charge is -2.43. The van der Waals surface area contributed by atoms with E-state index in [1.807, 2.05) is 0 Å². The first kappa shape index (κ1) is 30.5. The van der Waals surface area contributed by atoms with Crippen LogP contribution in [-0.2, 0) is 5.41 Å². The molecule has 0 atom stereocenters. The largest absolute Gasteiger partial charge is 0.456 e. The highest BCUT2D eigenvalue weighted by Crippen LogP contribution is 2.55. The Morgan fingerprint density at radius 2 is 1.32 bits per heavy atom. The first-order valence-corrected chi connectivity index (χ1v) is 19.7. The number of aromatic nitrogens is 1. The Morgan fingerprint density at radius 1 is 0.589 bits per heavy atom. The van der Waals surface area contributed by atoms with E-state index in [4.69, 9.17) is 4.42 Å². The molecular weight excluding hydrogens is 679 g/mol. The average molecular weight is 715 g/mol. The number of fused-ring (bicyclic) bond motifs is 15. The molecule has 8 aromatic carbocycles. The van der Waals surface area contributed by atoms with Gasteiger partial charge in [0.15, 0.2) is 0 Å². The summed E-state index contributed by atoms with van der Waals surface area (Å²) in [7, 11) is 0. The van der Waals surface area contributed by atoms with Crippen molar-refractivity contribution < 1.29 is 4.42 Å². The minimum absolute atomic E-state index is 0.0939. The summed E-state index contributed by atoms with van der Waals surface area (Å²) in [6.45, 7) is 6.87. The molecule has 3 aliphatic rings. The maximum atomic E-state index is 6.73. The molecule has 4 heteroatoms. The smallest absolute Gasteiger partial charge is 0.333 e. The number of para-hydroxylation sites is 1. The molecule has 0 bridgehead atoms. The van der Waals surface area contributed by atoms with Crippen LogP contribution in [0.1, 0.15) is 30.5 Å². The highest BCUT2D eigenvalue weighted by Gasteiger charge is 2.47. The first-order chi connectivity index (χ1) is 27.5. The standard InChI is InChI=1S/C52H35BN2O/c1-30-21-23-33(24-22-30)55-44-28-41-38(34-15-9-11-19-40(34)52(41,2)3)27-39(44)48-35-16-7-8-17-36(35)49-37-18-10-12-20-43(37)54-45-29-47-32(25-42(45)53(55)50(48)51(49)54)26-46(56-47)31-13-5-4-6-14-31/h4-29H,1-3H3. The van der Waals surface area contributed by atoms with Gasteiger partial charge in [-0.25, -0.2) is 0 Å². The van der Waals surface area contributed by atoms with Crippen LogP contribution in [0, 0.1) is 6.92 Å². The summed E-state index contributed by atoms with van der Waals surface area (Å²) in [4.78, 5) is 2.66. The number of furan rings is 1. The minimum atomic E-state index is -0.139. The van der Waals surface area contributed by atoms with Gasteiger partial charge >= 0.3 is 6.85 Å². The molecule has 0 fully saturated rings. The minimum Gasteiger partial charge on any atom is -0.456 e.